The maximum atomic E-state index is 12.2. The monoisotopic (exact) mass is 304 g/mol. The topological polar surface area (TPSA) is 100 Å². The van der Waals surface area contributed by atoms with Crippen LogP contribution in [0.4, 0.5) is 0 Å². The van der Waals surface area contributed by atoms with Gasteiger partial charge in [-0.15, -0.1) is 0 Å². The number of nitrogens with two attached hydrogens (primary N) is 1. The number of primary amides is 1. The first-order valence-electron chi connectivity index (χ1n) is 7.03. The molecule has 0 unspecified atom stereocenters. The molecule has 112 valence electrons. The van der Waals surface area contributed by atoms with Gasteiger partial charge in [0.1, 0.15) is 0 Å². The van der Waals surface area contributed by atoms with Gasteiger partial charge in [-0.3, -0.25) is 9.59 Å². The minimum Gasteiger partial charge on any atom is -0.366 e. The van der Waals surface area contributed by atoms with E-state index in [1.165, 1.54) is 6.07 Å². The number of hydrogen-bond donors (Lipinski definition) is 3. The van der Waals surface area contributed by atoms with Gasteiger partial charge in [-0.1, -0.05) is 30.3 Å². The highest BCUT2D eigenvalue weighted by atomic mass is 16.2. The van der Waals surface area contributed by atoms with Crippen LogP contribution in [-0.4, -0.2) is 23.0 Å². The Balaban J connectivity index is 2.11. The molecule has 6 nitrogen and oxygen atoms in total. The molecule has 0 spiro atoms. The second-order valence-corrected chi connectivity index (χ2v) is 5.29. The van der Waals surface area contributed by atoms with Gasteiger partial charge in [0.2, 0.25) is 5.91 Å². The van der Waals surface area contributed by atoms with Crippen LogP contribution in [0.25, 0.3) is 22.2 Å². The van der Waals surface area contributed by atoms with Crippen LogP contribution in [0.2, 0.25) is 0 Å². The van der Waals surface area contributed by atoms with Gasteiger partial charge in [-0.25, -0.2) is 5.43 Å². The number of nitrogens with one attached hydrogen (secondary N) is 2. The molecule has 0 fully saturated rings. The lowest BCUT2D eigenvalue weighted by Gasteiger charge is -2.03. The predicted molar refractivity (Wildman–Crippen MR) is 87.3 cm³/mol. The molecule has 2 aromatic carbocycles. The fourth-order valence-corrected chi connectivity index (χ4v) is 2.86. The number of H-pyrrole nitrogens is 1. The number of carbonyl (C=O) groups is 2. The molecule has 6 heteroatoms. The average molecular weight is 304 g/mol. The Labute approximate surface area is 131 Å². The van der Waals surface area contributed by atoms with Crippen molar-refractivity contribution in [2.45, 2.75) is 0 Å². The Morgan fingerprint density at radius 1 is 1.13 bits per heavy atom. The highest BCUT2D eigenvalue weighted by Gasteiger charge is 2.22. The third-order valence-corrected chi connectivity index (χ3v) is 3.89. The van der Waals surface area contributed by atoms with Gasteiger partial charge in [-0.05, 0) is 17.7 Å². The number of hydrogen-bond acceptors (Lipinski definition) is 3. The van der Waals surface area contributed by atoms with E-state index in [4.69, 9.17) is 5.73 Å². The maximum Gasteiger partial charge on any atom is 0.272 e. The first kappa shape index (κ1) is 13.3. The smallest absolute Gasteiger partial charge is 0.272 e. The Kier molecular flexibility index (Phi) is 2.77. The minimum absolute atomic E-state index is 0.275. The zero-order chi connectivity index (χ0) is 16.0. The van der Waals surface area contributed by atoms with E-state index in [0.29, 0.717) is 11.1 Å². The Hall–Kier alpha value is -3.41. The lowest BCUT2D eigenvalue weighted by Crippen LogP contribution is -2.18. The molecule has 2 amide bonds. The molecule has 0 atom stereocenters. The van der Waals surface area contributed by atoms with Gasteiger partial charge in [-0.2, -0.15) is 5.10 Å². The van der Waals surface area contributed by atoms with E-state index in [0.717, 1.165) is 22.2 Å². The lowest BCUT2D eigenvalue weighted by molar-refractivity contribution is 0.0957. The molecule has 23 heavy (non-hydrogen) atoms. The first-order chi connectivity index (χ1) is 11.1. The zero-order valence-corrected chi connectivity index (χ0v) is 12.0. The molecule has 4 rings (SSSR count). The highest BCUT2D eigenvalue weighted by Crippen LogP contribution is 2.33. The Morgan fingerprint density at radius 3 is 2.65 bits per heavy atom. The third-order valence-electron chi connectivity index (χ3n) is 3.89. The number of rotatable bonds is 2. The SMILES string of the molecule is NC(=O)c1cc2c3c(c(-c4ccccc4)[nH]c3c1)C=NNC2=O. The van der Waals surface area contributed by atoms with Crippen molar-refractivity contribution < 1.29 is 9.59 Å². The summed E-state index contributed by atoms with van der Waals surface area (Å²) in [6.45, 7) is 0. The summed E-state index contributed by atoms with van der Waals surface area (Å²) < 4.78 is 0. The highest BCUT2D eigenvalue weighted by molar-refractivity contribution is 6.18. The molecule has 1 aromatic heterocycles. The third kappa shape index (κ3) is 2.00. The maximum absolute atomic E-state index is 12.2. The van der Waals surface area contributed by atoms with Gasteiger partial charge in [0.05, 0.1) is 17.5 Å². The summed E-state index contributed by atoms with van der Waals surface area (Å²) in [4.78, 5) is 27.0. The normalized spacial score (nSPS) is 13.0. The number of hydrazone groups is 1. The number of aromatic amines is 1. The summed E-state index contributed by atoms with van der Waals surface area (Å²) in [5, 5.41) is 4.69. The molecule has 0 aliphatic carbocycles. The van der Waals surface area contributed by atoms with E-state index >= 15 is 0 Å². The largest absolute Gasteiger partial charge is 0.366 e. The van der Waals surface area contributed by atoms with Crippen LogP contribution in [0.5, 0.6) is 0 Å². The molecule has 1 aliphatic rings. The van der Waals surface area contributed by atoms with Crippen molar-refractivity contribution in [2.75, 3.05) is 0 Å². The van der Waals surface area contributed by atoms with E-state index in [-0.39, 0.29) is 11.5 Å². The molecule has 0 radical (unpaired) electrons. The van der Waals surface area contributed by atoms with Gasteiger partial charge in [0.25, 0.3) is 5.91 Å². The summed E-state index contributed by atoms with van der Waals surface area (Å²) in [5.74, 6) is -0.953. The Morgan fingerprint density at radius 2 is 1.91 bits per heavy atom. The van der Waals surface area contributed by atoms with Crippen LogP contribution in [-0.2, 0) is 0 Å². The van der Waals surface area contributed by atoms with E-state index in [2.05, 4.69) is 15.5 Å². The fraction of sp³-hybridized carbons (Fsp3) is 0. The summed E-state index contributed by atoms with van der Waals surface area (Å²) in [5.41, 5.74) is 11.7. The summed E-state index contributed by atoms with van der Waals surface area (Å²) in [6, 6.07) is 12.9. The van der Waals surface area contributed by atoms with Crippen molar-refractivity contribution in [3.05, 3.63) is 59.2 Å². The van der Waals surface area contributed by atoms with E-state index in [9.17, 15) is 9.59 Å². The number of carbonyl (C=O) groups excluding carboxylic acids is 2. The Bertz CT molecular complexity index is 987. The van der Waals surface area contributed by atoms with Crippen molar-refractivity contribution >= 4 is 28.9 Å². The van der Waals surface area contributed by atoms with Gasteiger partial charge < -0.3 is 10.7 Å². The molecule has 4 N–H and O–H groups in total. The number of aromatic nitrogens is 1. The second kappa shape index (κ2) is 4.81. The molecule has 3 aromatic rings. The van der Waals surface area contributed by atoms with Crippen LogP contribution >= 0.6 is 0 Å². The van der Waals surface area contributed by atoms with Crippen molar-refractivity contribution in [3.63, 3.8) is 0 Å². The molecule has 0 saturated heterocycles. The summed E-state index contributed by atoms with van der Waals surface area (Å²) >= 11 is 0. The van der Waals surface area contributed by atoms with E-state index in [1.807, 2.05) is 30.3 Å². The van der Waals surface area contributed by atoms with Crippen molar-refractivity contribution in [3.8, 4) is 11.3 Å². The molecular weight excluding hydrogens is 292 g/mol. The first-order valence-corrected chi connectivity index (χ1v) is 7.03. The van der Waals surface area contributed by atoms with Crippen LogP contribution in [0.3, 0.4) is 0 Å². The van der Waals surface area contributed by atoms with Crippen LogP contribution < -0.4 is 11.2 Å². The predicted octanol–water partition coefficient (Wildman–Crippen LogP) is 2.01. The van der Waals surface area contributed by atoms with Gasteiger partial charge in [0.15, 0.2) is 0 Å². The van der Waals surface area contributed by atoms with Crippen LogP contribution in [0.15, 0.2) is 47.6 Å². The van der Waals surface area contributed by atoms with Crippen LogP contribution in [0, 0.1) is 0 Å². The standard InChI is InChI=1S/C17H12N4O2/c18-16(22)10-6-11-14-12(8-19-21-17(11)23)15(20-13(14)7-10)9-4-2-1-3-5-9/h1-8,20H,(H2,18,22)(H,21,23). The quantitative estimate of drug-likeness (QED) is 0.674. The fourth-order valence-electron chi connectivity index (χ4n) is 2.86. The molecular formula is C17H12N4O2. The average Bonchev–Trinajstić information content (AvgIpc) is 2.84. The number of amides is 2. The van der Waals surface area contributed by atoms with E-state index in [1.54, 1.807) is 12.3 Å². The molecule has 0 bridgehead atoms. The van der Waals surface area contributed by atoms with Gasteiger partial charge >= 0.3 is 0 Å². The minimum atomic E-state index is -0.585. The number of nitrogens with zero attached hydrogens (tertiary/aromatic N) is 1. The van der Waals surface area contributed by atoms with Crippen molar-refractivity contribution in [2.24, 2.45) is 10.8 Å². The number of benzene rings is 2. The summed E-state index contributed by atoms with van der Waals surface area (Å²) in [7, 11) is 0. The van der Waals surface area contributed by atoms with Crippen LogP contribution in [0.1, 0.15) is 26.3 Å². The van der Waals surface area contributed by atoms with E-state index < -0.39 is 5.91 Å². The lowest BCUT2D eigenvalue weighted by atomic mass is 10.00. The van der Waals surface area contributed by atoms with Crippen molar-refractivity contribution in [1.29, 1.82) is 0 Å². The van der Waals surface area contributed by atoms with Crippen molar-refractivity contribution in [1.82, 2.24) is 10.4 Å². The summed E-state index contributed by atoms with van der Waals surface area (Å²) in [6.07, 6.45) is 1.61. The second-order valence-electron chi connectivity index (χ2n) is 5.29. The zero-order valence-electron chi connectivity index (χ0n) is 12.0. The van der Waals surface area contributed by atoms with Gasteiger partial charge in [0, 0.05) is 22.0 Å². The molecule has 0 saturated carbocycles. The molecule has 2 heterocycles. The molecule has 1 aliphatic heterocycles.